The normalized spacial score (nSPS) is 12.8. The predicted molar refractivity (Wildman–Crippen MR) is 101 cm³/mol. The van der Waals surface area contributed by atoms with Crippen molar-refractivity contribution in [3.05, 3.63) is 58.1 Å². The van der Waals surface area contributed by atoms with Gasteiger partial charge in [0.25, 0.3) is 5.91 Å². The zero-order valence-corrected chi connectivity index (χ0v) is 16.6. The van der Waals surface area contributed by atoms with Crippen molar-refractivity contribution in [3.63, 3.8) is 0 Å². The lowest BCUT2D eigenvalue weighted by molar-refractivity contribution is -0.141. The minimum atomic E-state index is -4.71. The minimum Gasteiger partial charge on any atom is -0.291 e. The Kier molecular flexibility index (Phi) is 5.65. The average Bonchev–Trinajstić information content (AvgIpc) is 3.21. The van der Waals surface area contributed by atoms with Crippen molar-refractivity contribution in [3.8, 4) is 0 Å². The summed E-state index contributed by atoms with van der Waals surface area (Å²) in [5.74, 6) is -0.572. The fourth-order valence-electron chi connectivity index (χ4n) is 2.77. The third kappa shape index (κ3) is 4.42. The smallest absolute Gasteiger partial charge is 0.291 e. The number of hydrogen-bond donors (Lipinski definition) is 1. The number of aryl methyl sites for hydroxylation is 1. The summed E-state index contributed by atoms with van der Waals surface area (Å²) in [4.78, 5) is 16.5. The SMILES string of the molecule is Cc1ccccc1Cn1cnc(NC(=O)C(C)n2nc(C(F)(F)F)c(Cl)c2C)n1. The van der Waals surface area contributed by atoms with Crippen molar-refractivity contribution in [2.24, 2.45) is 0 Å². The van der Waals surface area contributed by atoms with Crippen molar-refractivity contribution in [1.29, 1.82) is 0 Å². The van der Waals surface area contributed by atoms with Crippen LogP contribution >= 0.6 is 11.6 Å². The molecule has 7 nitrogen and oxygen atoms in total. The lowest BCUT2D eigenvalue weighted by atomic mass is 10.1. The summed E-state index contributed by atoms with van der Waals surface area (Å²) < 4.78 is 41.4. The molecule has 0 aliphatic rings. The Bertz CT molecular complexity index is 1040. The standard InChI is InChI=1S/C18H18ClF3N6O/c1-10-6-4-5-7-13(10)8-27-9-23-17(26-27)24-16(29)12(3)28-11(2)14(19)15(25-28)18(20,21)22/h4-7,9,12H,8H2,1-3H3,(H,24,26,29). The van der Waals surface area contributed by atoms with E-state index in [0.29, 0.717) is 6.54 Å². The van der Waals surface area contributed by atoms with Gasteiger partial charge in [0.15, 0.2) is 5.69 Å². The highest BCUT2D eigenvalue weighted by Crippen LogP contribution is 2.36. The van der Waals surface area contributed by atoms with E-state index in [0.717, 1.165) is 15.8 Å². The number of rotatable bonds is 5. The molecule has 154 valence electrons. The van der Waals surface area contributed by atoms with Gasteiger partial charge in [0, 0.05) is 0 Å². The van der Waals surface area contributed by atoms with Gasteiger partial charge in [-0.25, -0.2) is 9.67 Å². The first-order valence-corrected chi connectivity index (χ1v) is 9.02. The summed E-state index contributed by atoms with van der Waals surface area (Å²) in [6.45, 7) is 5.22. The molecular formula is C18H18ClF3N6O. The zero-order valence-electron chi connectivity index (χ0n) is 15.8. The number of anilines is 1. The van der Waals surface area contributed by atoms with E-state index in [2.05, 4.69) is 20.5 Å². The van der Waals surface area contributed by atoms with Crippen LogP contribution in [-0.4, -0.2) is 30.5 Å². The van der Waals surface area contributed by atoms with E-state index in [1.54, 1.807) is 4.68 Å². The van der Waals surface area contributed by atoms with Gasteiger partial charge in [0.2, 0.25) is 5.95 Å². The summed E-state index contributed by atoms with van der Waals surface area (Å²) in [6, 6.07) is 6.73. The quantitative estimate of drug-likeness (QED) is 0.668. The maximum absolute atomic E-state index is 13.0. The van der Waals surface area contributed by atoms with E-state index in [9.17, 15) is 18.0 Å². The number of aromatic nitrogens is 5. The molecular weight excluding hydrogens is 409 g/mol. The molecule has 0 aliphatic heterocycles. The minimum absolute atomic E-state index is 0.0414. The van der Waals surface area contributed by atoms with Crippen LogP contribution in [-0.2, 0) is 17.5 Å². The summed E-state index contributed by atoms with van der Waals surface area (Å²) in [5.41, 5.74) is 0.954. The molecule has 29 heavy (non-hydrogen) atoms. The van der Waals surface area contributed by atoms with Crippen molar-refractivity contribution < 1.29 is 18.0 Å². The molecule has 1 unspecified atom stereocenters. The van der Waals surface area contributed by atoms with Crippen LogP contribution in [0.5, 0.6) is 0 Å². The highest BCUT2D eigenvalue weighted by Gasteiger charge is 2.39. The Balaban J connectivity index is 1.73. The van der Waals surface area contributed by atoms with Gasteiger partial charge in [-0.05, 0) is 31.9 Å². The van der Waals surface area contributed by atoms with Gasteiger partial charge in [0.05, 0.1) is 17.3 Å². The molecule has 0 bridgehead atoms. The van der Waals surface area contributed by atoms with E-state index in [-0.39, 0.29) is 11.6 Å². The molecule has 2 heterocycles. The summed E-state index contributed by atoms with van der Waals surface area (Å²) in [7, 11) is 0. The molecule has 11 heteroatoms. The van der Waals surface area contributed by atoms with E-state index < -0.39 is 28.8 Å². The lowest BCUT2D eigenvalue weighted by Crippen LogP contribution is -2.26. The molecule has 0 saturated heterocycles. The summed E-state index contributed by atoms with van der Waals surface area (Å²) >= 11 is 5.74. The first-order valence-electron chi connectivity index (χ1n) is 8.64. The largest absolute Gasteiger partial charge is 0.436 e. The van der Waals surface area contributed by atoms with Crippen LogP contribution in [0.3, 0.4) is 0 Å². The lowest BCUT2D eigenvalue weighted by Gasteiger charge is -2.13. The van der Waals surface area contributed by atoms with Crippen molar-refractivity contribution >= 4 is 23.5 Å². The molecule has 0 radical (unpaired) electrons. The monoisotopic (exact) mass is 426 g/mol. The molecule has 0 saturated carbocycles. The Morgan fingerprint density at radius 2 is 1.93 bits per heavy atom. The molecule has 1 N–H and O–H groups in total. The fourth-order valence-corrected chi connectivity index (χ4v) is 3.00. The molecule has 2 aromatic heterocycles. The number of amides is 1. The van der Waals surface area contributed by atoms with E-state index in [4.69, 9.17) is 11.6 Å². The van der Waals surface area contributed by atoms with Crippen LogP contribution in [0.15, 0.2) is 30.6 Å². The Labute approximate surface area is 169 Å². The topological polar surface area (TPSA) is 77.6 Å². The molecule has 1 amide bonds. The van der Waals surface area contributed by atoms with Crippen LogP contribution in [0.25, 0.3) is 0 Å². The number of hydrogen-bond acceptors (Lipinski definition) is 4. The van der Waals surface area contributed by atoms with Crippen LogP contribution in [0.2, 0.25) is 5.02 Å². The van der Waals surface area contributed by atoms with Gasteiger partial charge in [-0.15, -0.1) is 5.10 Å². The van der Waals surface area contributed by atoms with Gasteiger partial charge in [-0.2, -0.15) is 18.3 Å². The van der Waals surface area contributed by atoms with Crippen molar-refractivity contribution in [2.45, 2.75) is 39.5 Å². The second-order valence-electron chi connectivity index (χ2n) is 6.55. The summed E-state index contributed by atoms with van der Waals surface area (Å²) in [6.07, 6.45) is -3.25. The van der Waals surface area contributed by atoms with Gasteiger partial charge >= 0.3 is 6.18 Å². The van der Waals surface area contributed by atoms with Crippen LogP contribution < -0.4 is 5.32 Å². The molecule has 0 spiro atoms. The Morgan fingerprint density at radius 1 is 1.24 bits per heavy atom. The Hall–Kier alpha value is -2.88. The van der Waals surface area contributed by atoms with E-state index in [1.165, 1.54) is 20.2 Å². The molecule has 3 rings (SSSR count). The van der Waals surface area contributed by atoms with Gasteiger partial charge in [-0.1, -0.05) is 35.9 Å². The van der Waals surface area contributed by atoms with E-state index >= 15 is 0 Å². The summed E-state index contributed by atoms with van der Waals surface area (Å²) in [5, 5.41) is 9.61. The third-order valence-electron chi connectivity index (χ3n) is 4.46. The number of nitrogens with zero attached hydrogens (tertiary/aromatic N) is 5. The number of halogens is 4. The first kappa shape index (κ1) is 20.8. The molecule has 0 fully saturated rings. The predicted octanol–water partition coefficient (Wildman–Crippen LogP) is 4.01. The molecule has 1 atom stereocenters. The van der Waals surface area contributed by atoms with Crippen LogP contribution in [0, 0.1) is 13.8 Å². The molecule has 3 aromatic rings. The zero-order chi connectivity index (χ0) is 21.3. The number of benzene rings is 1. The number of carbonyl (C=O) groups excluding carboxylic acids is 1. The first-order chi connectivity index (χ1) is 13.6. The number of alkyl halides is 3. The van der Waals surface area contributed by atoms with Crippen LogP contribution in [0.1, 0.15) is 35.5 Å². The number of nitrogens with one attached hydrogen (secondary N) is 1. The average molecular weight is 427 g/mol. The van der Waals surface area contributed by atoms with E-state index in [1.807, 2.05) is 31.2 Å². The van der Waals surface area contributed by atoms with Crippen molar-refractivity contribution in [2.75, 3.05) is 5.32 Å². The Morgan fingerprint density at radius 3 is 2.55 bits per heavy atom. The molecule has 0 aliphatic carbocycles. The second kappa shape index (κ2) is 7.86. The molecule has 1 aromatic carbocycles. The fraction of sp³-hybridized carbons (Fsp3) is 0.333. The third-order valence-corrected chi connectivity index (χ3v) is 4.91. The van der Waals surface area contributed by atoms with Crippen molar-refractivity contribution in [1.82, 2.24) is 24.5 Å². The van der Waals surface area contributed by atoms with Gasteiger partial charge in [-0.3, -0.25) is 14.8 Å². The highest BCUT2D eigenvalue weighted by atomic mass is 35.5. The maximum Gasteiger partial charge on any atom is 0.436 e. The second-order valence-corrected chi connectivity index (χ2v) is 6.93. The highest BCUT2D eigenvalue weighted by molar-refractivity contribution is 6.32. The van der Waals surface area contributed by atoms with Crippen LogP contribution in [0.4, 0.5) is 19.1 Å². The van der Waals surface area contributed by atoms with Gasteiger partial charge < -0.3 is 0 Å². The van der Waals surface area contributed by atoms with Gasteiger partial charge in [0.1, 0.15) is 12.4 Å². The number of carbonyl (C=O) groups is 1. The maximum atomic E-state index is 13.0.